The molecule has 26 heavy (non-hydrogen) atoms. The molecule has 2 saturated heterocycles. The molecule has 3 N–H and O–H groups in total. The van der Waals surface area contributed by atoms with E-state index in [0.717, 1.165) is 18.8 Å². The van der Waals surface area contributed by atoms with Crippen LogP contribution in [0.25, 0.3) is 11.2 Å². The molecule has 9 nitrogen and oxygen atoms in total. The number of nitrogens with one attached hydrogen (secondary N) is 1. The van der Waals surface area contributed by atoms with Crippen LogP contribution in [0.2, 0.25) is 0 Å². The number of ether oxygens (including phenoxy) is 2. The maximum absolute atomic E-state index is 10.4. The summed E-state index contributed by atoms with van der Waals surface area (Å²) in [5.74, 6) is 2.19. The Labute approximate surface area is 155 Å². The van der Waals surface area contributed by atoms with Gasteiger partial charge in [-0.3, -0.25) is 4.57 Å². The third-order valence-corrected chi connectivity index (χ3v) is 5.70. The Hall–Kier alpha value is -1.46. The summed E-state index contributed by atoms with van der Waals surface area (Å²) in [7, 11) is 0. The van der Waals surface area contributed by atoms with Crippen molar-refractivity contribution >= 4 is 28.7 Å². The van der Waals surface area contributed by atoms with Crippen molar-refractivity contribution in [1.29, 1.82) is 0 Å². The topological polar surface area (TPSA) is 115 Å². The molecule has 0 amide bonds. The number of aliphatic hydroxyl groups is 2. The predicted molar refractivity (Wildman–Crippen MR) is 97.1 cm³/mol. The van der Waals surface area contributed by atoms with E-state index in [1.54, 1.807) is 22.7 Å². The molecule has 0 bridgehead atoms. The minimum Gasteiger partial charge on any atom is -0.387 e. The van der Waals surface area contributed by atoms with Gasteiger partial charge in [0.2, 0.25) is 0 Å². The number of thioether (sulfide) groups is 1. The average molecular weight is 381 g/mol. The van der Waals surface area contributed by atoms with Crippen molar-refractivity contribution < 1.29 is 19.7 Å². The number of rotatable bonds is 6. The fraction of sp³-hybridized carbons (Fsp3) is 0.688. The Morgan fingerprint density at radius 2 is 2.19 bits per heavy atom. The van der Waals surface area contributed by atoms with Gasteiger partial charge in [-0.25, -0.2) is 15.0 Å². The average Bonchev–Trinajstić information content (AvgIpc) is 3.36. The van der Waals surface area contributed by atoms with Crippen molar-refractivity contribution in [2.24, 2.45) is 0 Å². The van der Waals surface area contributed by atoms with Crippen molar-refractivity contribution in [2.45, 2.75) is 43.9 Å². The summed E-state index contributed by atoms with van der Waals surface area (Å²) in [6.07, 6.45) is 0.824. The van der Waals surface area contributed by atoms with Gasteiger partial charge in [-0.1, -0.05) is 6.92 Å². The van der Waals surface area contributed by atoms with Gasteiger partial charge in [0.05, 0.1) is 25.1 Å². The highest BCUT2D eigenvalue weighted by Gasteiger charge is 2.44. The summed E-state index contributed by atoms with van der Waals surface area (Å²) < 4.78 is 13.0. The predicted octanol–water partition coefficient (Wildman–Crippen LogP) is 0.399. The van der Waals surface area contributed by atoms with E-state index < -0.39 is 24.5 Å². The standard InChI is InChI=1S/C16H23N5O4S/c1-2-26-6-10-12(22)13(23)16(25-10)21-8-19-11-14(17-7-18-15(11)21)20-9-3-4-24-5-9/h7-10,12-13,16,22-23H,2-6H2,1H3,(H,17,18,20)/t9-,10-,12-,13-,16?/m1/s1. The lowest BCUT2D eigenvalue weighted by Crippen LogP contribution is -2.32. The van der Waals surface area contributed by atoms with Crippen molar-refractivity contribution in [3.05, 3.63) is 12.7 Å². The molecule has 2 aliphatic rings. The quantitative estimate of drug-likeness (QED) is 0.654. The molecule has 142 valence electrons. The van der Waals surface area contributed by atoms with E-state index in [9.17, 15) is 10.2 Å². The second-order valence-electron chi connectivity index (χ2n) is 6.46. The summed E-state index contributed by atoms with van der Waals surface area (Å²) in [5, 5.41) is 24.1. The van der Waals surface area contributed by atoms with Gasteiger partial charge in [0.15, 0.2) is 23.2 Å². The number of nitrogens with zero attached hydrogens (tertiary/aromatic N) is 4. The van der Waals surface area contributed by atoms with Gasteiger partial charge in [-0.15, -0.1) is 0 Å². The van der Waals surface area contributed by atoms with Crippen LogP contribution in [0.5, 0.6) is 0 Å². The van der Waals surface area contributed by atoms with E-state index in [0.29, 0.717) is 29.3 Å². The summed E-state index contributed by atoms with van der Waals surface area (Å²) >= 11 is 1.67. The van der Waals surface area contributed by atoms with E-state index in [1.807, 2.05) is 6.92 Å². The molecule has 2 aliphatic heterocycles. The smallest absolute Gasteiger partial charge is 0.167 e. The monoisotopic (exact) mass is 381 g/mol. The van der Waals surface area contributed by atoms with Crippen LogP contribution in [0.4, 0.5) is 5.82 Å². The van der Waals surface area contributed by atoms with Crippen LogP contribution in [0.3, 0.4) is 0 Å². The molecule has 5 atom stereocenters. The van der Waals surface area contributed by atoms with E-state index in [2.05, 4.69) is 20.3 Å². The number of fused-ring (bicyclic) bond motifs is 1. The molecule has 2 aromatic rings. The SMILES string of the molecule is CCSC[C@H]1OC(n2cnc3c(N[C@@H]4CCOC4)ncnc32)[C@H](O)[C@@H]1O. The molecule has 2 aromatic heterocycles. The number of imidazole rings is 1. The first-order chi connectivity index (χ1) is 12.7. The Morgan fingerprint density at radius 1 is 1.31 bits per heavy atom. The van der Waals surface area contributed by atoms with Crippen molar-refractivity contribution in [2.75, 3.05) is 30.0 Å². The third kappa shape index (κ3) is 3.27. The zero-order chi connectivity index (χ0) is 18.1. The zero-order valence-corrected chi connectivity index (χ0v) is 15.3. The van der Waals surface area contributed by atoms with Crippen molar-refractivity contribution in [1.82, 2.24) is 19.5 Å². The van der Waals surface area contributed by atoms with Gasteiger partial charge in [0.1, 0.15) is 18.5 Å². The fourth-order valence-corrected chi connectivity index (χ4v) is 4.06. The Bertz CT molecular complexity index is 753. The van der Waals surface area contributed by atoms with E-state index in [4.69, 9.17) is 9.47 Å². The van der Waals surface area contributed by atoms with Crippen LogP contribution >= 0.6 is 11.8 Å². The summed E-state index contributed by atoms with van der Waals surface area (Å²) in [4.78, 5) is 13.0. The molecule has 2 fully saturated rings. The Kier molecular flexibility index (Phi) is 5.28. The van der Waals surface area contributed by atoms with Gasteiger partial charge in [0.25, 0.3) is 0 Å². The van der Waals surface area contributed by atoms with Crippen LogP contribution < -0.4 is 5.32 Å². The normalized spacial score (nSPS) is 31.7. The van der Waals surface area contributed by atoms with Crippen LogP contribution in [0.15, 0.2) is 12.7 Å². The molecule has 1 unspecified atom stereocenters. The molecular formula is C16H23N5O4S. The number of anilines is 1. The molecule has 4 heterocycles. The lowest BCUT2D eigenvalue weighted by Gasteiger charge is -2.17. The molecule has 0 aliphatic carbocycles. The first-order valence-electron chi connectivity index (χ1n) is 8.80. The largest absolute Gasteiger partial charge is 0.387 e. The first-order valence-corrected chi connectivity index (χ1v) is 9.95. The van der Waals surface area contributed by atoms with Gasteiger partial charge >= 0.3 is 0 Å². The molecule has 0 aromatic carbocycles. The van der Waals surface area contributed by atoms with Crippen molar-refractivity contribution in [3.8, 4) is 0 Å². The van der Waals surface area contributed by atoms with Gasteiger partial charge in [-0.2, -0.15) is 11.8 Å². The number of aromatic nitrogens is 4. The molecule has 0 spiro atoms. The lowest BCUT2D eigenvalue weighted by molar-refractivity contribution is -0.0288. The van der Waals surface area contributed by atoms with Gasteiger partial charge in [-0.05, 0) is 12.2 Å². The highest BCUT2D eigenvalue weighted by atomic mass is 32.2. The maximum Gasteiger partial charge on any atom is 0.167 e. The summed E-state index contributed by atoms with van der Waals surface area (Å²) in [6, 6.07) is 0.198. The lowest BCUT2D eigenvalue weighted by atomic mass is 10.1. The molecular weight excluding hydrogens is 358 g/mol. The Balaban J connectivity index is 1.59. The number of hydrogen-bond donors (Lipinski definition) is 3. The molecule has 10 heteroatoms. The van der Waals surface area contributed by atoms with Crippen LogP contribution in [-0.4, -0.2) is 78.8 Å². The minimum absolute atomic E-state index is 0.198. The third-order valence-electron chi connectivity index (χ3n) is 4.73. The highest BCUT2D eigenvalue weighted by Crippen LogP contribution is 2.33. The minimum atomic E-state index is -1.04. The first kappa shape index (κ1) is 17.9. The van der Waals surface area contributed by atoms with Crippen LogP contribution in [0.1, 0.15) is 19.6 Å². The molecule has 0 radical (unpaired) electrons. The molecule has 4 rings (SSSR count). The number of hydrogen-bond acceptors (Lipinski definition) is 9. The van der Waals surface area contributed by atoms with E-state index in [-0.39, 0.29) is 6.04 Å². The highest BCUT2D eigenvalue weighted by molar-refractivity contribution is 7.99. The van der Waals surface area contributed by atoms with Crippen molar-refractivity contribution in [3.63, 3.8) is 0 Å². The summed E-state index contributed by atoms with van der Waals surface area (Å²) in [6.45, 7) is 3.42. The maximum atomic E-state index is 10.4. The van der Waals surface area contributed by atoms with E-state index in [1.165, 1.54) is 6.33 Å². The number of aliphatic hydroxyl groups excluding tert-OH is 2. The van der Waals surface area contributed by atoms with Gasteiger partial charge in [0, 0.05) is 12.4 Å². The Morgan fingerprint density at radius 3 is 2.96 bits per heavy atom. The van der Waals surface area contributed by atoms with E-state index >= 15 is 0 Å². The molecule has 0 saturated carbocycles. The van der Waals surface area contributed by atoms with Crippen LogP contribution in [0, 0.1) is 0 Å². The second-order valence-corrected chi connectivity index (χ2v) is 7.78. The van der Waals surface area contributed by atoms with Crippen LogP contribution in [-0.2, 0) is 9.47 Å². The zero-order valence-electron chi connectivity index (χ0n) is 14.5. The summed E-state index contributed by atoms with van der Waals surface area (Å²) in [5.41, 5.74) is 1.16. The second kappa shape index (κ2) is 7.65. The van der Waals surface area contributed by atoms with Gasteiger partial charge < -0.3 is 25.0 Å². The fourth-order valence-electron chi connectivity index (χ4n) is 3.32.